The zero-order chi connectivity index (χ0) is 12.3. The Balaban J connectivity index is 2.31. The van der Waals surface area contributed by atoms with Crippen LogP contribution in [-0.4, -0.2) is 27.0 Å². The molecule has 17 heavy (non-hydrogen) atoms. The van der Waals surface area contributed by atoms with Crippen molar-refractivity contribution in [3.8, 4) is 0 Å². The highest BCUT2D eigenvalue weighted by molar-refractivity contribution is 7.11. The first kappa shape index (κ1) is 12.2. The molecule has 0 saturated carbocycles. The number of aromatic nitrogens is 4. The molecule has 2 aromatic rings. The number of aryl methyl sites for hydroxylation is 2. The summed E-state index contributed by atoms with van der Waals surface area (Å²) in [6.07, 6.45) is 4.80. The third-order valence-corrected chi connectivity index (χ3v) is 3.57. The second-order valence-corrected chi connectivity index (χ2v) is 5.15. The lowest BCUT2D eigenvalue weighted by Crippen LogP contribution is -2.20. The predicted molar refractivity (Wildman–Crippen MR) is 68.1 cm³/mol. The number of thiazole rings is 1. The summed E-state index contributed by atoms with van der Waals surface area (Å²) in [5.74, 6) is 0. The summed E-state index contributed by atoms with van der Waals surface area (Å²) in [6, 6.07) is 0.128. The molecule has 0 amide bonds. The zero-order valence-electron chi connectivity index (χ0n) is 10.3. The van der Waals surface area contributed by atoms with Crippen molar-refractivity contribution in [3.05, 3.63) is 28.0 Å². The van der Waals surface area contributed by atoms with Crippen molar-refractivity contribution >= 4 is 11.3 Å². The Morgan fingerprint density at radius 2 is 2.29 bits per heavy atom. The van der Waals surface area contributed by atoms with Crippen LogP contribution in [-0.2, 0) is 6.54 Å². The van der Waals surface area contributed by atoms with Gasteiger partial charge in [-0.3, -0.25) is 0 Å². The van der Waals surface area contributed by atoms with Crippen molar-refractivity contribution in [3.63, 3.8) is 0 Å². The van der Waals surface area contributed by atoms with E-state index in [0.29, 0.717) is 0 Å². The van der Waals surface area contributed by atoms with Crippen molar-refractivity contribution in [2.24, 2.45) is 0 Å². The molecule has 0 aliphatic carbocycles. The minimum atomic E-state index is 0.128. The fourth-order valence-corrected chi connectivity index (χ4v) is 2.73. The van der Waals surface area contributed by atoms with Crippen LogP contribution in [0.1, 0.15) is 35.0 Å². The molecular formula is C11H17N5S. The molecule has 2 heterocycles. The van der Waals surface area contributed by atoms with Gasteiger partial charge in [0.15, 0.2) is 0 Å². The Morgan fingerprint density at radius 1 is 1.47 bits per heavy atom. The molecule has 5 nitrogen and oxygen atoms in total. The second kappa shape index (κ2) is 5.37. The number of hydrogen-bond acceptors (Lipinski definition) is 5. The van der Waals surface area contributed by atoms with E-state index >= 15 is 0 Å². The van der Waals surface area contributed by atoms with Crippen LogP contribution >= 0.6 is 11.3 Å². The largest absolute Gasteiger partial charge is 0.307 e. The van der Waals surface area contributed by atoms with E-state index in [-0.39, 0.29) is 6.04 Å². The van der Waals surface area contributed by atoms with Crippen LogP contribution in [0, 0.1) is 6.92 Å². The third-order valence-electron chi connectivity index (χ3n) is 2.59. The van der Waals surface area contributed by atoms with Gasteiger partial charge in [-0.25, -0.2) is 9.67 Å². The predicted octanol–water partition coefficient (Wildman–Crippen LogP) is 1.76. The topological polar surface area (TPSA) is 55.6 Å². The van der Waals surface area contributed by atoms with Crippen LogP contribution in [0.15, 0.2) is 12.4 Å². The maximum absolute atomic E-state index is 4.30. The summed E-state index contributed by atoms with van der Waals surface area (Å²) >= 11 is 1.70. The average molecular weight is 251 g/mol. The molecule has 2 rings (SSSR count). The summed E-state index contributed by atoms with van der Waals surface area (Å²) in [6.45, 7) is 5.05. The maximum Gasteiger partial charge on any atom is 0.0897 e. The molecule has 0 aliphatic rings. The first-order valence-corrected chi connectivity index (χ1v) is 6.56. The Kier molecular flexibility index (Phi) is 3.86. The lowest BCUT2D eigenvalue weighted by Gasteiger charge is -2.14. The Labute approximate surface area is 105 Å². The Morgan fingerprint density at radius 3 is 2.88 bits per heavy atom. The van der Waals surface area contributed by atoms with Crippen LogP contribution in [0.25, 0.3) is 0 Å². The first-order chi connectivity index (χ1) is 8.26. The van der Waals surface area contributed by atoms with Gasteiger partial charge in [-0.15, -0.1) is 16.4 Å². The van der Waals surface area contributed by atoms with Crippen LogP contribution in [0.4, 0.5) is 0 Å². The molecule has 1 unspecified atom stereocenters. The van der Waals surface area contributed by atoms with Gasteiger partial charge in [0, 0.05) is 17.6 Å². The molecule has 0 bridgehead atoms. The zero-order valence-corrected chi connectivity index (χ0v) is 11.2. The maximum atomic E-state index is 4.30. The summed E-state index contributed by atoms with van der Waals surface area (Å²) in [4.78, 5) is 5.50. The average Bonchev–Trinajstić information content (AvgIpc) is 2.91. The standard InChI is InChI=1S/C11H17N5S/c1-4-5-16-9(6-14-15-16)11(12-3)10-7-13-8(2)17-10/h6-7,11-12H,4-5H2,1-3H3. The van der Waals surface area contributed by atoms with E-state index < -0.39 is 0 Å². The molecule has 0 spiro atoms. The van der Waals surface area contributed by atoms with Gasteiger partial charge in [0.25, 0.3) is 0 Å². The molecule has 0 saturated heterocycles. The fraction of sp³-hybridized carbons (Fsp3) is 0.545. The first-order valence-electron chi connectivity index (χ1n) is 5.74. The van der Waals surface area contributed by atoms with Gasteiger partial charge in [0.05, 0.1) is 22.9 Å². The minimum absolute atomic E-state index is 0.128. The van der Waals surface area contributed by atoms with Crippen molar-refractivity contribution < 1.29 is 0 Å². The molecule has 0 aliphatic heterocycles. The second-order valence-electron chi connectivity index (χ2n) is 3.89. The smallest absolute Gasteiger partial charge is 0.0897 e. The summed E-state index contributed by atoms with van der Waals surface area (Å²) in [7, 11) is 1.95. The van der Waals surface area contributed by atoms with Gasteiger partial charge < -0.3 is 5.32 Å². The number of rotatable bonds is 5. The Bertz CT molecular complexity index is 476. The molecular weight excluding hydrogens is 234 g/mol. The van der Waals surface area contributed by atoms with E-state index in [1.807, 2.05) is 31.0 Å². The molecule has 1 atom stereocenters. The van der Waals surface area contributed by atoms with Gasteiger partial charge in [0.2, 0.25) is 0 Å². The SMILES string of the molecule is CCCn1nncc1C(NC)c1cnc(C)s1. The van der Waals surface area contributed by atoms with E-state index in [2.05, 4.69) is 27.5 Å². The monoisotopic (exact) mass is 251 g/mol. The van der Waals surface area contributed by atoms with E-state index in [1.165, 1.54) is 4.88 Å². The minimum Gasteiger partial charge on any atom is -0.307 e. The highest BCUT2D eigenvalue weighted by atomic mass is 32.1. The number of nitrogens with zero attached hydrogens (tertiary/aromatic N) is 4. The van der Waals surface area contributed by atoms with Crippen molar-refractivity contribution in [1.29, 1.82) is 0 Å². The van der Waals surface area contributed by atoms with Crippen molar-refractivity contribution in [1.82, 2.24) is 25.3 Å². The van der Waals surface area contributed by atoms with Crippen molar-refractivity contribution in [2.75, 3.05) is 7.05 Å². The van der Waals surface area contributed by atoms with Crippen LogP contribution < -0.4 is 5.32 Å². The molecule has 1 N–H and O–H groups in total. The highest BCUT2D eigenvalue weighted by Gasteiger charge is 2.19. The summed E-state index contributed by atoms with van der Waals surface area (Å²) in [5, 5.41) is 12.5. The van der Waals surface area contributed by atoms with Crippen LogP contribution in [0.5, 0.6) is 0 Å². The van der Waals surface area contributed by atoms with E-state index in [1.54, 1.807) is 11.3 Å². The van der Waals surface area contributed by atoms with E-state index in [0.717, 1.165) is 23.7 Å². The number of nitrogens with one attached hydrogen (secondary N) is 1. The van der Waals surface area contributed by atoms with Crippen LogP contribution in [0.2, 0.25) is 0 Å². The fourth-order valence-electron chi connectivity index (χ4n) is 1.82. The highest BCUT2D eigenvalue weighted by Crippen LogP contribution is 2.25. The lowest BCUT2D eigenvalue weighted by atomic mass is 10.2. The lowest BCUT2D eigenvalue weighted by molar-refractivity contribution is 0.525. The molecule has 2 aromatic heterocycles. The van der Waals surface area contributed by atoms with Gasteiger partial charge in [0.1, 0.15) is 0 Å². The van der Waals surface area contributed by atoms with Crippen molar-refractivity contribution in [2.45, 2.75) is 32.9 Å². The van der Waals surface area contributed by atoms with Gasteiger partial charge in [-0.2, -0.15) is 0 Å². The van der Waals surface area contributed by atoms with Gasteiger partial charge >= 0.3 is 0 Å². The van der Waals surface area contributed by atoms with Crippen LogP contribution in [0.3, 0.4) is 0 Å². The summed E-state index contributed by atoms with van der Waals surface area (Å²) in [5.41, 5.74) is 1.10. The Hall–Kier alpha value is -1.27. The summed E-state index contributed by atoms with van der Waals surface area (Å²) < 4.78 is 1.95. The molecule has 92 valence electrons. The van der Waals surface area contributed by atoms with E-state index in [4.69, 9.17) is 0 Å². The molecule has 0 radical (unpaired) electrons. The molecule has 0 fully saturated rings. The number of hydrogen-bond donors (Lipinski definition) is 1. The van der Waals surface area contributed by atoms with E-state index in [9.17, 15) is 0 Å². The quantitative estimate of drug-likeness (QED) is 0.880. The van der Waals surface area contributed by atoms with Gasteiger partial charge in [-0.1, -0.05) is 12.1 Å². The normalized spacial score (nSPS) is 12.9. The third kappa shape index (κ3) is 2.53. The van der Waals surface area contributed by atoms with Gasteiger partial charge in [-0.05, 0) is 20.4 Å². The molecule has 6 heteroatoms. The molecule has 0 aromatic carbocycles.